The topological polar surface area (TPSA) is 23.8 Å². The molecule has 1 nitrogen and oxygen atoms in total. The number of rotatable bonds is 14. The maximum Gasteiger partial charge on any atom is 0.00997 e. The highest BCUT2D eigenvalue weighted by Gasteiger charge is 1.89. The maximum atomic E-state index is 7.06. The van der Waals surface area contributed by atoms with E-state index >= 15 is 0 Å². The predicted octanol–water partition coefficient (Wildman–Crippen LogP) is 5.92. The fraction of sp³-hybridized carbons (Fsp3) is 0.882. The average Bonchev–Trinajstić information content (AvgIpc) is 2.39. The van der Waals surface area contributed by atoms with Crippen molar-refractivity contribution in [2.24, 2.45) is 0 Å². The minimum absolute atomic E-state index is 0.609. The molecule has 0 aromatic heterocycles. The maximum absolute atomic E-state index is 7.06. The van der Waals surface area contributed by atoms with Crippen molar-refractivity contribution in [1.82, 2.24) is 5.73 Å². The van der Waals surface area contributed by atoms with Gasteiger partial charge in [0.25, 0.3) is 0 Å². The quantitative estimate of drug-likeness (QED) is 0.271. The van der Waals surface area contributed by atoms with Crippen LogP contribution in [0.3, 0.4) is 0 Å². The van der Waals surface area contributed by atoms with Crippen molar-refractivity contribution in [2.75, 3.05) is 6.54 Å². The van der Waals surface area contributed by atoms with Crippen molar-refractivity contribution < 1.29 is 0 Å². The van der Waals surface area contributed by atoms with Crippen LogP contribution in [0.25, 0.3) is 0 Å². The molecular weight excluding hydrogens is 218 g/mol. The fourth-order valence-electron chi connectivity index (χ4n) is 2.20. The van der Waals surface area contributed by atoms with E-state index in [1.165, 1.54) is 77.0 Å². The zero-order chi connectivity index (χ0) is 13.3. The highest BCUT2D eigenvalue weighted by molar-refractivity contribution is 4.81. The molecule has 0 fully saturated rings. The van der Waals surface area contributed by atoms with Crippen molar-refractivity contribution in [1.29, 1.82) is 0 Å². The molecule has 0 saturated carbocycles. The Morgan fingerprint density at radius 1 is 0.611 bits per heavy atom. The summed E-state index contributed by atoms with van der Waals surface area (Å²) in [6.45, 7) is 2.88. The largest absolute Gasteiger partial charge is 0.258 e. The van der Waals surface area contributed by atoms with Crippen LogP contribution < -0.4 is 5.73 Å². The van der Waals surface area contributed by atoms with Gasteiger partial charge in [-0.2, -0.15) is 0 Å². The van der Waals surface area contributed by atoms with Gasteiger partial charge >= 0.3 is 0 Å². The van der Waals surface area contributed by atoms with Gasteiger partial charge in [-0.3, -0.25) is 5.73 Å². The predicted molar refractivity (Wildman–Crippen MR) is 82.8 cm³/mol. The molecule has 1 N–H and O–H groups in total. The van der Waals surface area contributed by atoms with E-state index in [2.05, 4.69) is 19.1 Å². The van der Waals surface area contributed by atoms with E-state index in [-0.39, 0.29) is 0 Å². The third kappa shape index (κ3) is 15.7. The first-order chi connectivity index (χ1) is 8.91. The summed E-state index contributed by atoms with van der Waals surface area (Å²) < 4.78 is 0. The highest BCUT2D eigenvalue weighted by atomic mass is 14.5. The van der Waals surface area contributed by atoms with Gasteiger partial charge in [0.2, 0.25) is 0 Å². The molecule has 0 aliphatic heterocycles. The first-order valence-electron chi connectivity index (χ1n) is 8.21. The molecule has 0 atom stereocenters. The lowest BCUT2D eigenvalue weighted by Gasteiger charge is -1.98. The zero-order valence-electron chi connectivity index (χ0n) is 12.6. The second kappa shape index (κ2) is 16.7. The number of nitrogens with one attached hydrogen (secondary N) is 1. The van der Waals surface area contributed by atoms with E-state index in [9.17, 15) is 0 Å². The Hall–Kier alpha value is -0.300. The van der Waals surface area contributed by atoms with E-state index < -0.39 is 0 Å². The minimum Gasteiger partial charge on any atom is -0.258 e. The zero-order valence-corrected chi connectivity index (χ0v) is 12.6. The summed E-state index contributed by atoms with van der Waals surface area (Å²) in [7, 11) is 0. The van der Waals surface area contributed by atoms with Crippen LogP contribution >= 0.6 is 0 Å². The summed E-state index contributed by atoms with van der Waals surface area (Å²) in [4.78, 5) is 0. The third-order valence-corrected chi connectivity index (χ3v) is 3.44. The van der Waals surface area contributed by atoms with Crippen LogP contribution in [-0.4, -0.2) is 6.54 Å². The van der Waals surface area contributed by atoms with E-state index in [1.54, 1.807) is 0 Å². The van der Waals surface area contributed by atoms with Gasteiger partial charge in [-0.25, -0.2) is 0 Å². The molecule has 0 aromatic rings. The van der Waals surface area contributed by atoms with Gasteiger partial charge < -0.3 is 0 Å². The Labute approximate surface area is 115 Å². The van der Waals surface area contributed by atoms with Gasteiger partial charge in [0.1, 0.15) is 0 Å². The van der Waals surface area contributed by atoms with Crippen molar-refractivity contribution in [2.45, 2.75) is 90.4 Å². The number of hydrogen-bond donors (Lipinski definition) is 0. The Morgan fingerprint density at radius 2 is 1.06 bits per heavy atom. The van der Waals surface area contributed by atoms with Crippen LogP contribution in [0, 0.1) is 0 Å². The molecule has 0 amide bonds. The molecule has 0 aromatic carbocycles. The Bertz CT molecular complexity index is 145. The molecule has 1 heteroatoms. The van der Waals surface area contributed by atoms with Gasteiger partial charge in [-0.05, 0) is 32.1 Å². The van der Waals surface area contributed by atoms with E-state index in [4.69, 9.17) is 5.73 Å². The minimum atomic E-state index is 0.609. The summed E-state index contributed by atoms with van der Waals surface area (Å²) in [5.41, 5.74) is 7.06. The second-order valence-corrected chi connectivity index (χ2v) is 5.33. The molecule has 18 heavy (non-hydrogen) atoms. The lowest BCUT2D eigenvalue weighted by Crippen LogP contribution is -1.85. The lowest BCUT2D eigenvalue weighted by molar-refractivity contribution is 0.609. The van der Waals surface area contributed by atoms with Gasteiger partial charge in [-0.15, -0.1) is 0 Å². The molecule has 0 spiro atoms. The summed E-state index contributed by atoms with van der Waals surface area (Å²) in [6.07, 6.45) is 22.1. The second-order valence-electron chi connectivity index (χ2n) is 5.33. The van der Waals surface area contributed by atoms with Crippen molar-refractivity contribution in [3.8, 4) is 0 Å². The van der Waals surface area contributed by atoms with Crippen LogP contribution in [0.15, 0.2) is 12.2 Å². The summed E-state index contributed by atoms with van der Waals surface area (Å²) in [5, 5.41) is 0. The molecule has 0 saturated heterocycles. The van der Waals surface area contributed by atoms with Crippen LogP contribution in [0.2, 0.25) is 0 Å². The molecule has 0 rings (SSSR count). The average molecular weight is 252 g/mol. The van der Waals surface area contributed by atoms with Gasteiger partial charge in [0.15, 0.2) is 0 Å². The Kier molecular flexibility index (Phi) is 16.4. The monoisotopic (exact) mass is 252 g/mol. The lowest BCUT2D eigenvalue weighted by atomic mass is 10.1. The molecule has 0 bridgehead atoms. The molecule has 1 radical (unpaired) electrons. The van der Waals surface area contributed by atoms with Crippen molar-refractivity contribution in [3.63, 3.8) is 0 Å². The van der Waals surface area contributed by atoms with Gasteiger partial charge in [0.05, 0.1) is 0 Å². The highest BCUT2D eigenvalue weighted by Crippen LogP contribution is 2.08. The molecule has 0 heterocycles. The number of unbranched alkanes of at least 4 members (excludes halogenated alkanes) is 11. The summed E-state index contributed by atoms with van der Waals surface area (Å²) in [6, 6.07) is 0. The molecule has 0 aliphatic carbocycles. The Morgan fingerprint density at radius 3 is 1.56 bits per heavy atom. The number of hydrogen-bond acceptors (Lipinski definition) is 0. The van der Waals surface area contributed by atoms with Gasteiger partial charge in [-0.1, -0.05) is 70.4 Å². The van der Waals surface area contributed by atoms with Crippen molar-refractivity contribution >= 4 is 0 Å². The SMILES string of the molecule is CCCCCCCCC=CCCCCCCC[NH]. The van der Waals surface area contributed by atoms with E-state index in [0.717, 1.165) is 6.42 Å². The fourth-order valence-corrected chi connectivity index (χ4v) is 2.20. The Balaban J connectivity index is 3.00. The molecule has 0 unspecified atom stereocenters. The van der Waals surface area contributed by atoms with Crippen LogP contribution in [0.5, 0.6) is 0 Å². The smallest absolute Gasteiger partial charge is 0.00997 e. The van der Waals surface area contributed by atoms with Crippen LogP contribution in [0.1, 0.15) is 90.4 Å². The summed E-state index contributed by atoms with van der Waals surface area (Å²) in [5.74, 6) is 0. The molecular formula is C17H34N. The van der Waals surface area contributed by atoms with Crippen LogP contribution in [-0.2, 0) is 0 Å². The van der Waals surface area contributed by atoms with E-state index in [1.807, 2.05) is 0 Å². The standard InChI is InChI=1S/C17H34N/c1-2-3-4-5-6-7-8-9-10-11-12-13-14-15-16-17-18/h9-10,18H,2-8,11-17H2,1H3. The van der Waals surface area contributed by atoms with Crippen LogP contribution in [0.4, 0.5) is 0 Å². The normalized spacial score (nSPS) is 11.4. The molecule has 107 valence electrons. The molecule has 0 aliphatic rings. The first kappa shape index (κ1) is 17.7. The number of allylic oxidation sites excluding steroid dienone is 2. The van der Waals surface area contributed by atoms with Crippen molar-refractivity contribution in [3.05, 3.63) is 12.2 Å². The summed E-state index contributed by atoms with van der Waals surface area (Å²) >= 11 is 0. The van der Waals surface area contributed by atoms with Gasteiger partial charge in [0, 0.05) is 6.54 Å². The third-order valence-electron chi connectivity index (χ3n) is 3.44. The van der Waals surface area contributed by atoms with E-state index in [0.29, 0.717) is 6.54 Å². The first-order valence-corrected chi connectivity index (χ1v) is 8.21.